The van der Waals surface area contributed by atoms with Crippen LogP contribution in [-0.2, 0) is 6.54 Å². The molecule has 1 aromatic carbocycles. The molecule has 0 bridgehead atoms. The smallest absolute Gasteiger partial charge is 0.274 e. The van der Waals surface area contributed by atoms with Crippen molar-refractivity contribution in [2.45, 2.75) is 39.8 Å². The van der Waals surface area contributed by atoms with Crippen LogP contribution in [0.4, 0.5) is 0 Å². The summed E-state index contributed by atoms with van der Waals surface area (Å²) in [5, 5.41) is 9.35. The second kappa shape index (κ2) is 5.75. The number of hydrogen-bond acceptors (Lipinski definition) is 3. The maximum Gasteiger partial charge on any atom is 0.274 e. The number of fused-ring (bicyclic) bond motifs is 1. The largest absolute Gasteiger partial charge is 0.312 e. The lowest BCUT2D eigenvalue weighted by Crippen LogP contribution is -2.40. The average Bonchev–Trinajstić information content (AvgIpc) is 2.39. The molecule has 0 saturated carbocycles. The van der Waals surface area contributed by atoms with Gasteiger partial charge in [0.15, 0.2) is 0 Å². The van der Waals surface area contributed by atoms with Gasteiger partial charge >= 0.3 is 0 Å². The molecule has 0 fully saturated rings. The Morgan fingerprint density at radius 2 is 2.00 bits per heavy atom. The van der Waals surface area contributed by atoms with Gasteiger partial charge in [0.05, 0.1) is 11.6 Å². The van der Waals surface area contributed by atoms with E-state index >= 15 is 0 Å². The number of aromatic nitrogens is 2. The molecule has 108 valence electrons. The van der Waals surface area contributed by atoms with Gasteiger partial charge in [0.1, 0.15) is 0 Å². The van der Waals surface area contributed by atoms with Crippen LogP contribution >= 0.6 is 0 Å². The van der Waals surface area contributed by atoms with Crippen LogP contribution < -0.4 is 10.9 Å². The third-order valence-corrected chi connectivity index (χ3v) is 3.23. The first-order valence-corrected chi connectivity index (χ1v) is 7.07. The molecular weight excluding hydrogens is 250 g/mol. The summed E-state index contributed by atoms with van der Waals surface area (Å²) in [5.74, 6) is 0.348. The lowest BCUT2D eigenvalue weighted by atomic mass is 10.1. The molecule has 0 amide bonds. The first kappa shape index (κ1) is 14.7. The molecule has 0 radical (unpaired) electrons. The van der Waals surface area contributed by atoms with E-state index in [0.717, 1.165) is 17.3 Å². The minimum Gasteiger partial charge on any atom is -0.312 e. The van der Waals surface area contributed by atoms with Crippen molar-refractivity contribution in [1.82, 2.24) is 15.1 Å². The minimum absolute atomic E-state index is 0.00860. The highest BCUT2D eigenvalue weighted by atomic mass is 16.1. The van der Waals surface area contributed by atoms with Crippen molar-refractivity contribution in [3.05, 3.63) is 40.8 Å². The molecule has 1 unspecified atom stereocenters. The van der Waals surface area contributed by atoms with Crippen LogP contribution in [-0.4, -0.2) is 21.9 Å². The predicted octanol–water partition coefficient (Wildman–Crippen LogP) is 2.42. The van der Waals surface area contributed by atoms with Crippen molar-refractivity contribution in [2.24, 2.45) is 5.92 Å². The SMILES string of the molecule is CC(CNC(C)(C)C)Cn1ncc2ccccc2c1=O. The van der Waals surface area contributed by atoms with E-state index in [4.69, 9.17) is 0 Å². The molecular formula is C16H23N3O. The molecule has 0 aliphatic carbocycles. The lowest BCUT2D eigenvalue weighted by molar-refractivity contribution is 0.348. The maximum atomic E-state index is 12.3. The van der Waals surface area contributed by atoms with Gasteiger partial charge < -0.3 is 5.32 Å². The quantitative estimate of drug-likeness (QED) is 0.930. The van der Waals surface area contributed by atoms with Crippen LogP contribution in [0.2, 0.25) is 0 Å². The third-order valence-electron chi connectivity index (χ3n) is 3.23. The average molecular weight is 273 g/mol. The molecule has 0 spiro atoms. The van der Waals surface area contributed by atoms with E-state index in [2.05, 4.69) is 38.1 Å². The Balaban J connectivity index is 2.14. The van der Waals surface area contributed by atoms with Crippen molar-refractivity contribution < 1.29 is 0 Å². The molecule has 0 saturated heterocycles. The van der Waals surface area contributed by atoms with Gasteiger partial charge in [-0.3, -0.25) is 4.79 Å². The Hall–Kier alpha value is -1.68. The Labute approximate surface area is 119 Å². The van der Waals surface area contributed by atoms with E-state index in [1.165, 1.54) is 0 Å². The van der Waals surface area contributed by atoms with Gasteiger partial charge in [0.2, 0.25) is 0 Å². The highest BCUT2D eigenvalue weighted by molar-refractivity contribution is 5.80. The first-order valence-electron chi connectivity index (χ1n) is 7.07. The van der Waals surface area contributed by atoms with Crippen LogP contribution in [0.1, 0.15) is 27.7 Å². The number of rotatable bonds is 4. The molecule has 20 heavy (non-hydrogen) atoms. The number of nitrogens with one attached hydrogen (secondary N) is 1. The Morgan fingerprint density at radius 1 is 1.30 bits per heavy atom. The van der Waals surface area contributed by atoms with E-state index in [0.29, 0.717) is 12.5 Å². The van der Waals surface area contributed by atoms with Crippen molar-refractivity contribution in [2.75, 3.05) is 6.54 Å². The maximum absolute atomic E-state index is 12.3. The second-order valence-corrected chi connectivity index (χ2v) is 6.46. The third kappa shape index (κ3) is 3.67. The topological polar surface area (TPSA) is 46.9 Å². The van der Waals surface area contributed by atoms with Crippen LogP contribution in [0.15, 0.2) is 35.3 Å². The van der Waals surface area contributed by atoms with Crippen LogP contribution in [0.5, 0.6) is 0 Å². The molecule has 0 aliphatic heterocycles. The molecule has 4 heteroatoms. The standard InChI is InChI=1S/C16H23N3O/c1-12(9-17-16(2,3)4)11-19-15(20)14-8-6-5-7-13(14)10-18-19/h5-8,10,12,17H,9,11H2,1-4H3. The van der Waals surface area contributed by atoms with E-state index < -0.39 is 0 Å². The fourth-order valence-corrected chi connectivity index (χ4v) is 2.10. The minimum atomic E-state index is -0.00860. The van der Waals surface area contributed by atoms with Gasteiger partial charge in [0, 0.05) is 17.5 Å². The van der Waals surface area contributed by atoms with Gasteiger partial charge in [-0.2, -0.15) is 5.10 Å². The lowest BCUT2D eigenvalue weighted by Gasteiger charge is -2.23. The fraction of sp³-hybridized carbons (Fsp3) is 0.500. The second-order valence-electron chi connectivity index (χ2n) is 6.46. The molecule has 1 heterocycles. The Morgan fingerprint density at radius 3 is 2.70 bits per heavy atom. The van der Waals surface area contributed by atoms with Crippen LogP contribution in [0.3, 0.4) is 0 Å². The van der Waals surface area contributed by atoms with Crippen molar-refractivity contribution in [1.29, 1.82) is 0 Å². The number of hydrogen-bond donors (Lipinski definition) is 1. The predicted molar refractivity (Wildman–Crippen MR) is 82.9 cm³/mol. The fourth-order valence-electron chi connectivity index (χ4n) is 2.10. The Kier molecular flexibility index (Phi) is 4.23. The number of nitrogens with zero attached hydrogens (tertiary/aromatic N) is 2. The van der Waals surface area contributed by atoms with E-state index in [-0.39, 0.29) is 11.1 Å². The van der Waals surface area contributed by atoms with Crippen molar-refractivity contribution >= 4 is 10.8 Å². The van der Waals surface area contributed by atoms with Gasteiger partial charge in [-0.25, -0.2) is 4.68 Å². The summed E-state index contributed by atoms with van der Waals surface area (Å²) in [5.41, 5.74) is 0.0847. The normalized spacial score (nSPS) is 13.6. The summed E-state index contributed by atoms with van der Waals surface area (Å²) < 4.78 is 1.57. The van der Waals surface area contributed by atoms with Crippen molar-refractivity contribution in [3.63, 3.8) is 0 Å². The van der Waals surface area contributed by atoms with Crippen molar-refractivity contribution in [3.8, 4) is 0 Å². The zero-order valence-corrected chi connectivity index (χ0v) is 12.7. The van der Waals surface area contributed by atoms with Gasteiger partial charge in [-0.15, -0.1) is 0 Å². The van der Waals surface area contributed by atoms with E-state index in [9.17, 15) is 4.79 Å². The van der Waals surface area contributed by atoms with Crippen LogP contribution in [0, 0.1) is 5.92 Å². The summed E-state index contributed by atoms with van der Waals surface area (Å²) in [7, 11) is 0. The molecule has 1 N–H and O–H groups in total. The summed E-state index contributed by atoms with van der Waals surface area (Å²) >= 11 is 0. The van der Waals surface area contributed by atoms with Crippen LogP contribution in [0.25, 0.3) is 10.8 Å². The summed E-state index contributed by atoms with van der Waals surface area (Å²) in [6.45, 7) is 10.0. The van der Waals surface area contributed by atoms with E-state index in [1.807, 2.05) is 24.3 Å². The Bertz CT molecular complexity index is 640. The zero-order chi connectivity index (χ0) is 14.8. The molecule has 2 rings (SSSR count). The zero-order valence-electron chi connectivity index (χ0n) is 12.7. The van der Waals surface area contributed by atoms with Gasteiger partial charge in [-0.05, 0) is 39.3 Å². The van der Waals surface area contributed by atoms with Gasteiger partial charge in [0.25, 0.3) is 5.56 Å². The summed E-state index contributed by atoms with van der Waals surface area (Å²) in [4.78, 5) is 12.3. The first-order chi connectivity index (χ1) is 9.37. The monoisotopic (exact) mass is 273 g/mol. The molecule has 2 aromatic rings. The van der Waals surface area contributed by atoms with E-state index in [1.54, 1.807) is 10.9 Å². The molecule has 1 aromatic heterocycles. The molecule has 0 aliphatic rings. The molecule has 4 nitrogen and oxygen atoms in total. The highest BCUT2D eigenvalue weighted by Crippen LogP contribution is 2.08. The summed E-state index contributed by atoms with van der Waals surface area (Å²) in [6, 6.07) is 7.58. The molecule has 1 atom stereocenters. The summed E-state index contributed by atoms with van der Waals surface area (Å²) in [6.07, 6.45) is 1.76. The van der Waals surface area contributed by atoms with Gasteiger partial charge in [-0.1, -0.05) is 25.1 Å². The highest BCUT2D eigenvalue weighted by Gasteiger charge is 2.12. The number of benzene rings is 1.